The third-order valence-electron chi connectivity index (χ3n) is 20.4. The monoisotopic (exact) mass is 1400 g/mol. The highest BCUT2D eigenvalue weighted by atomic mass is 19.1. The molecule has 26 heteroatoms. The molecule has 24 nitrogen and oxygen atoms in total. The van der Waals surface area contributed by atoms with E-state index in [1.165, 1.54) is 19.1 Å². The summed E-state index contributed by atoms with van der Waals surface area (Å²) in [6.45, 7) is 10.6. The van der Waals surface area contributed by atoms with Crippen LogP contribution in [0.3, 0.4) is 0 Å². The van der Waals surface area contributed by atoms with Crippen molar-refractivity contribution in [2.24, 2.45) is 40.2 Å². The van der Waals surface area contributed by atoms with Crippen LogP contribution in [0.2, 0.25) is 0 Å². The number of carbonyl (C=O) groups is 9. The van der Waals surface area contributed by atoms with Gasteiger partial charge in [0.25, 0.3) is 0 Å². The summed E-state index contributed by atoms with van der Waals surface area (Å²) < 4.78 is 74.9. The van der Waals surface area contributed by atoms with Crippen LogP contribution < -0.4 is 37.2 Å². The number of carbonyl (C=O) groups excluding carboxylic acids is 9. The molecule has 4 fully saturated rings. The van der Waals surface area contributed by atoms with Gasteiger partial charge in [0.1, 0.15) is 12.8 Å². The van der Waals surface area contributed by atoms with Crippen molar-refractivity contribution in [1.29, 1.82) is 0 Å². The van der Waals surface area contributed by atoms with Gasteiger partial charge >= 0.3 is 12.1 Å². The highest BCUT2D eigenvalue weighted by molar-refractivity contribution is 6.02. The number of alkyl halides is 2. The van der Waals surface area contributed by atoms with E-state index < -0.39 is 113 Å². The fourth-order valence-corrected chi connectivity index (χ4v) is 15.3. The Labute approximate surface area is 587 Å². The molecule has 3 aromatic rings. The molecule has 1 unspecified atom stereocenters. The zero-order valence-corrected chi connectivity index (χ0v) is 58.1. The van der Waals surface area contributed by atoms with Crippen LogP contribution in [0.5, 0.6) is 0 Å². The normalized spacial score (nSPS) is 25.7. The number of amides is 7. The molecule has 4 aliphatic carbocycles. The molecule has 7 amide bonds. The van der Waals surface area contributed by atoms with Crippen LogP contribution in [0, 0.1) is 46.3 Å². The number of benzene rings is 3. The van der Waals surface area contributed by atoms with Crippen LogP contribution in [0.1, 0.15) is 128 Å². The first-order valence-electron chi connectivity index (χ1n) is 35.0. The van der Waals surface area contributed by atoms with Crippen LogP contribution in [0.25, 0.3) is 0 Å². The minimum absolute atomic E-state index is 0.0172. The Hall–Kier alpha value is -8.29. The number of allylic oxidation sites excluding steroid dienone is 4. The van der Waals surface area contributed by atoms with Crippen molar-refractivity contribution in [3.8, 4) is 11.8 Å². The second kappa shape index (κ2) is 35.1. The van der Waals surface area contributed by atoms with Crippen molar-refractivity contribution in [2.45, 2.75) is 160 Å². The lowest BCUT2D eigenvalue weighted by molar-refractivity contribution is -0.233. The first kappa shape index (κ1) is 76.9. The van der Waals surface area contributed by atoms with E-state index in [9.17, 15) is 48.3 Å². The number of anilines is 2. The number of halogens is 2. The van der Waals surface area contributed by atoms with Gasteiger partial charge < -0.3 is 75.5 Å². The Morgan fingerprint density at radius 2 is 1.47 bits per heavy atom. The van der Waals surface area contributed by atoms with Gasteiger partial charge in [-0.2, -0.15) is 0 Å². The largest absolute Gasteiger partial charge is 0.445 e. The zero-order valence-electron chi connectivity index (χ0n) is 58.1. The molecule has 8 N–H and O–H groups in total. The Morgan fingerprint density at radius 1 is 0.792 bits per heavy atom. The molecule has 12 atom stereocenters. The predicted molar refractivity (Wildman–Crippen MR) is 367 cm³/mol. The Balaban J connectivity index is 0.646. The fourth-order valence-electron chi connectivity index (χ4n) is 15.3. The second-order valence-electron chi connectivity index (χ2n) is 27.4. The molecule has 0 spiro atoms. The number of primary amides is 1. The van der Waals surface area contributed by atoms with E-state index in [0.29, 0.717) is 62.6 Å². The van der Waals surface area contributed by atoms with Gasteiger partial charge in [0.2, 0.25) is 23.6 Å². The first-order valence-corrected chi connectivity index (χ1v) is 35.0. The molecule has 6 aliphatic rings. The highest BCUT2D eigenvalue weighted by Crippen LogP contribution is 2.72. The van der Waals surface area contributed by atoms with Crippen LogP contribution in [0.15, 0.2) is 96.6 Å². The molecule has 101 heavy (non-hydrogen) atoms. The topological polar surface area (TPSA) is 328 Å². The van der Waals surface area contributed by atoms with E-state index in [1.807, 2.05) is 55.5 Å². The minimum Gasteiger partial charge on any atom is -0.445 e. The van der Waals surface area contributed by atoms with E-state index in [1.54, 1.807) is 49.9 Å². The van der Waals surface area contributed by atoms with Gasteiger partial charge in [-0.3, -0.25) is 33.6 Å². The molecule has 1 saturated heterocycles. The lowest BCUT2D eigenvalue weighted by Gasteiger charge is -2.63. The minimum atomic E-state index is -2.38. The Bertz CT molecular complexity index is 3620. The molecule has 0 bridgehead atoms. The summed E-state index contributed by atoms with van der Waals surface area (Å²) in [6, 6.07) is 19.9. The van der Waals surface area contributed by atoms with Gasteiger partial charge in [-0.15, -0.1) is 0 Å². The summed E-state index contributed by atoms with van der Waals surface area (Å²) in [5, 5.41) is 25.4. The average Bonchev–Trinajstić information content (AvgIpc) is 1.54. The van der Waals surface area contributed by atoms with Gasteiger partial charge in [0.05, 0.1) is 89.9 Å². The number of alkyl carbamates (subject to hydrolysis) is 1. The number of rotatable bonds is 36. The summed E-state index contributed by atoms with van der Waals surface area (Å²) in [5.41, 5.74) is 2.35. The second-order valence-corrected chi connectivity index (χ2v) is 27.4. The average molecular weight is 1400 g/mol. The number of ether oxygens (including phenoxy) is 7. The van der Waals surface area contributed by atoms with Gasteiger partial charge in [-0.05, 0) is 116 Å². The van der Waals surface area contributed by atoms with E-state index in [0.717, 1.165) is 22.8 Å². The van der Waals surface area contributed by atoms with Crippen LogP contribution in [-0.4, -0.2) is 173 Å². The maximum Gasteiger partial charge on any atom is 0.407 e. The number of ketones is 3. The number of Topliss-reactive ketones (excluding diaryl/α,β-unsaturated/α-hetero) is 2. The molecule has 0 radical (unpaired) electrons. The van der Waals surface area contributed by atoms with Crippen LogP contribution in [-0.2, 0) is 79.9 Å². The van der Waals surface area contributed by atoms with Crippen molar-refractivity contribution in [1.82, 2.24) is 21.3 Å². The smallest absolute Gasteiger partial charge is 0.407 e. The molecular weight excluding hydrogens is 1310 g/mol. The van der Waals surface area contributed by atoms with Crippen molar-refractivity contribution >= 4 is 64.5 Å². The molecule has 546 valence electrons. The SMILES string of the molecule is CCCC1O[C@@H]2C[C@H]3[C@@H]4C[C@H](F)C5=CC(=O)C=C[C@]5(C)[C@@]4(F)[C@@H](O)C[C@]3(C)[C@]2(C(=O)CNC(=O)OCc2ccc(NC(=O)[C@H](CCCNC(N)=O)CC(=O)[C@@H](NC(=O)CCOCCOCCOCCOCCNC(=O)CCC(=O)N3Cc4ccccc4C#Cc4ccccc43)C(C)C)cc2)O1. The van der Waals surface area contributed by atoms with E-state index in [-0.39, 0.29) is 133 Å². The van der Waals surface area contributed by atoms with Crippen molar-refractivity contribution in [2.75, 3.05) is 82.7 Å². The quantitative estimate of drug-likeness (QED) is 0.0226. The number of para-hydroxylation sites is 1. The van der Waals surface area contributed by atoms with E-state index in [4.69, 9.17) is 38.9 Å². The number of nitrogens with two attached hydrogens (primary N) is 1. The summed E-state index contributed by atoms with van der Waals surface area (Å²) in [4.78, 5) is 120. The standard InChI is InChI=1S/C75H95F2N7O17/c1-6-12-67-100-63-42-55-56-41-58(76)57-40-54(85)26-28-72(57,4)74(56,77)61(87)43-73(55,5)75(63,101-67)62(88)44-81-71(94)99-46-48-18-22-53(23-19-48)82-69(92)51(16-11-29-80-70(78)93)39-60(86)68(47(2)3)83-65(90)27-31-95-33-35-97-37-38-98-36-34-96-32-30-79-64(89)24-25-66(91)84-45-52-15-8-7-13-49(52)20-21-50-14-9-10-17-59(50)84/h7-10,13-15,17-19,22-23,26,28,40,47,51,55-56,58,61,63,67-68,87H,6,11-12,16,24-25,27,29-39,41-46H2,1-5H3,(H,79,89)(H,81,94)(H,82,92)(H,83,90)(H3,78,80,93)/t51-,55+,56+,58+,61+,63-,67?,68+,72+,73+,74+,75-/m1/s1. The summed E-state index contributed by atoms with van der Waals surface area (Å²) >= 11 is 0. The molecule has 9 rings (SSSR count). The number of aliphatic hydroxyl groups excluding tert-OH is 1. The lowest BCUT2D eigenvalue weighted by atomic mass is 9.44. The number of nitrogens with zero attached hydrogens (tertiary/aromatic N) is 1. The van der Waals surface area contributed by atoms with E-state index in [2.05, 4.69) is 38.4 Å². The number of aliphatic hydroxyl groups is 1. The summed E-state index contributed by atoms with van der Waals surface area (Å²) in [5.74, 6) is 0.607. The maximum absolute atomic E-state index is 17.9. The van der Waals surface area contributed by atoms with Gasteiger partial charge in [-0.25, -0.2) is 18.4 Å². The predicted octanol–water partition coefficient (Wildman–Crippen LogP) is 7.09. The zero-order chi connectivity index (χ0) is 72.5. The van der Waals surface area contributed by atoms with Crippen molar-refractivity contribution in [3.05, 3.63) is 119 Å². The molecular formula is C75H95F2N7O17. The number of fused-ring (bicyclic) bond motifs is 9. The summed E-state index contributed by atoms with van der Waals surface area (Å²) in [6.07, 6.45) is -1.43. The van der Waals surface area contributed by atoms with Crippen molar-refractivity contribution in [3.63, 3.8) is 0 Å². The van der Waals surface area contributed by atoms with Gasteiger partial charge in [-0.1, -0.05) is 94.5 Å². The highest BCUT2D eigenvalue weighted by Gasteiger charge is 2.80. The van der Waals surface area contributed by atoms with Crippen LogP contribution >= 0.6 is 0 Å². The number of hydrogen-bond acceptors (Lipinski definition) is 17. The molecule has 3 saturated carbocycles. The van der Waals surface area contributed by atoms with Crippen LogP contribution in [0.4, 0.5) is 29.7 Å². The van der Waals surface area contributed by atoms with Gasteiger partial charge in [0, 0.05) is 78.3 Å². The van der Waals surface area contributed by atoms with Crippen molar-refractivity contribution < 1.29 is 90.2 Å². The lowest BCUT2D eigenvalue weighted by Crippen LogP contribution is -2.71. The molecule has 0 aromatic heterocycles. The first-order chi connectivity index (χ1) is 48.4. The number of nitrogens with one attached hydrogen (secondary N) is 5. The van der Waals surface area contributed by atoms with Gasteiger partial charge in [0.15, 0.2) is 34.9 Å². The molecule has 2 heterocycles. The fraction of sp³-hybridized carbons (Fsp3) is 0.560. The number of urea groups is 1. The summed E-state index contributed by atoms with van der Waals surface area (Å²) in [7, 11) is 0. The van der Waals surface area contributed by atoms with E-state index >= 15 is 8.78 Å². The Kier molecular flexibility index (Phi) is 26.7. The number of hydrogen-bond donors (Lipinski definition) is 7. The third kappa shape index (κ3) is 18.1. The molecule has 2 aliphatic heterocycles. The Morgan fingerprint density at radius 3 is 2.17 bits per heavy atom. The molecule has 3 aromatic carbocycles. The third-order valence-corrected chi connectivity index (χ3v) is 20.4. The maximum atomic E-state index is 17.9.